The van der Waals surface area contributed by atoms with E-state index < -0.39 is 0 Å². The predicted molar refractivity (Wildman–Crippen MR) is 82.1 cm³/mol. The minimum absolute atomic E-state index is 0.0695. The number of piperidine rings is 1. The summed E-state index contributed by atoms with van der Waals surface area (Å²) in [4.78, 5) is 14.2. The molecule has 126 valence electrons. The summed E-state index contributed by atoms with van der Waals surface area (Å²) in [5, 5.41) is 3.79. The maximum absolute atomic E-state index is 12.4. The number of carbonyl (C=O) groups is 1. The van der Waals surface area contributed by atoms with Gasteiger partial charge in [-0.2, -0.15) is 0 Å². The Bertz CT molecular complexity index is 573. The Morgan fingerprint density at radius 2 is 2.22 bits per heavy atom. The Morgan fingerprint density at radius 3 is 2.87 bits per heavy atom. The first-order valence-corrected chi connectivity index (χ1v) is 8.62. The SMILES string of the molecule is Cc1cc(C(=O)N2CCC3(CC2)CC(OCC2CC2)CO3)on1. The first-order valence-electron chi connectivity index (χ1n) is 8.62. The maximum Gasteiger partial charge on any atom is 0.292 e. The molecule has 1 aromatic heterocycles. The van der Waals surface area contributed by atoms with E-state index in [1.165, 1.54) is 12.8 Å². The topological polar surface area (TPSA) is 64.8 Å². The minimum atomic E-state index is -0.0949. The third-order valence-corrected chi connectivity index (χ3v) is 5.24. The molecule has 6 heteroatoms. The van der Waals surface area contributed by atoms with E-state index in [0.29, 0.717) is 25.5 Å². The summed E-state index contributed by atoms with van der Waals surface area (Å²) >= 11 is 0. The predicted octanol–water partition coefficient (Wildman–Crippen LogP) is 2.17. The van der Waals surface area contributed by atoms with Gasteiger partial charge in [-0.3, -0.25) is 4.79 Å². The summed E-state index contributed by atoms with van der Waals surface area (Å²) in [6, 6.07) is 1.69. The van der Waals surface area contributed by atoms with E-state index in [1.54, 1.807) is 6.07 Å². The Labute approximate surface area is 136 Å². The van der Waals surface area contributed by atoms with Crippen LogP contribution in [0.25, 0.3) is 0 Å². The molecule has 1 saturated carbocycles. The quantitative estimate of drug-likeness (QED) is 0.851. The van der Waals surface area contributed by atoms with E-state index in [0.717, 1.165) is 37.5 Å². The second-order valence-electron chi connectivity index (χ2n) is 7.22. The van der Waals surface area contributed by atoms with Crippen LogP contribution in [0, 0.1) is 12.8 Å². The Hall–Kier alpha value is -1.40. The fourth-order valence-corrected chi connectivity index (χ4v) is 3.55. The van der Waals surface area contributed by atoms with Gasteiger partial charge in [0.15, 0.2) is 0 Å². The molecule has 1 aromatic rings. The summed E-state index contributed by atoms with van der Waals surface area (Å²) in [6.45, 7) is 4.81. The smallest absolute Gasteiger partial charge is 0.292 e. The molecule has 0 bridgehead atoms. The van der Waals surface area contributed by atoms with E-state index in [1.807, 2.05) is 11.8 Å². The number of ether oxygens (including phenoxy) is 2. The second-order valence-corrected chi connectivity index (χ2v) is 7.22. The molecule has 0 aromatic carbocycles. The number of hydrogen-bond donors (Lipinski definition) is 0. The van der Waals surface area contributed by atoms with Crippen LogP contribution in [0.4, 0.5) is 0 Å². The van der Waals surface area contributed by atoms with Gasteiger partial charge in [0.1, 0.15) is 0 Å². The zero-order chi connectivity index (χ0) is 15.9. The lowest BCUT2D eigenvalue weighted by Crippen LogP contribution is -2.46. The van der Waals surface area contributed by atoms with Crippen molar-refractivity contribution < 1.29 is 18.8 Å². The number of carbonyl (C=O) groups excluding carboxylic acids is 1. The van der Waals surface area contributed by atoms with Gasteiger partial charge in [0, 0.05) is 32.2 Å². The molecule has 1 aliphatic carbocycles. The van der Waals surface area contributed by atoms with Crippen LogP contribution < -0.4 is 0 Å². The van der Waals surface area contributed by atoms with Crippen molar-refractivity contribution in [1.82, 2.24) is 10.1 Å². The molecule has 1 unspecified atom stereocenters. The molecule has 2 aliphatic heterocycles. The van der Waals surface area contributed by atoms with E-state index in [2.05, 4.69) is 5.16 Å². The number of nitrogens with zero attached hydrogens (tertiary/aromatic N) is 2. The molecular formula is C17H24N2O4. The van der Waals surface area contributed by atoms with E-state index in [-0.39, 0.29) is 17.6 Å². The lowest BCUT2D eigenvalue weighted by Gasteiger charge is -2.38. The van der Waals surface area contributed by atoms with Crippen molar-refractivity contribution in [3.63, 3.8) is 0 Å². The third kappa shape index (κ3) is 3.28. The maximum atomic E-state index is 12.4. The van der Waals surface area contributed by atoms with Crippen LogP contribution in [0.3, 0.4) is 0 Å². The van der Waals surface area contributed by atoms with Crippen LogP contribution in [0.15, 0.2) is 10.6 Å². The summed E-state index contributed by atoms with van der Waals surface area (Å²) in [7, 11) is 0. The summed E-state index contributed by atoms with van der Waals surface area (Å²) < 4.78 is 17.1. The largest absolute Gasteiger partial charge is 0.375 e. The summed E-state index contributed by atoms with van der Waals surface area (Å²) in [5.41, 5.74) is 0.638. The highest BCUT2D eigenvalue weighted by Gasteiger charge is 2.44. The third-order valence-electron chi connectivity index (χ3n) is 5.24. The lowest BCUT2D eigenvalue weighted by atomic mass is 9.88. The highest BCUT2D eigenvalue weighted by Crippen LogP contribution is 2.38. The van der Waals surface area contributed by atoms with Gasteiger partial charge in [0.25, 0.3) is 5.91 Å². The molecule has 0 N–H and O–H groups in total. The Morgan fingerprint density at radius 1 is 1.43 bits per heavy atom. The van der Waals surface area contributed by atoms with Gasteiger partial charge in [0.05, 0.1) is 24.0 Å². The molecule has 3 fully saturated rings. The first kappa shape index (κ1) is 15.1. The van der Waals surface area contributed by atoms with E-state index >= 15 is 0 Å². The van der Waals surface area contributed by atoms with Crippen LogP contribution in [-0.2, 0) is 9.47 Å². The summed E-state index contributed by atoms with van der Waals surface area (Å²) in [5.74, 6) is 1.05. The van der Waals surface area contributed by atoms with Gasteiger partial charge in [0.2, 0.25) is 5.76 Å². The molecule has 1 amide bonds. The zero-order valence-corrected chi connectivity index (χ0v) is 13.6. The van der Waals surface area contributed by atoms with Crippen LogP contribution in [0.5, 0.6) is 0 Å². The monoisotopic (exact) mass is 320 g/mol. The van der Waals surface area contributed by atoms with Gasteiger partial charge in [-0.05, 0) is 38.5 Å². The van der Waals surface area contributed by atoms with Gasteiger partial charge < -0.3 is 18.9 Å². The number of hydrogen-bond acceptors (Lipinski definition) is 5. The van der Waals surface area contributed by atoms with Crippen molar-refractivity contribution in [3.8, 4) is 0 Å². The van der Waals surface area contributed by atoms with Gasteiger partial charge in [-0.25, -0.2) is 0 Å². The van der Waals surface area contributed by atoms with Crippen molar-refractivity contribution in [1.29, 1.82) is 0 Å². The fourth-order valence-electron chi connectivity index (χ4n) is 3.55. The van der Waals surface area contributed by atoms with Crippen molar-refractivity contribution >= 4 is 5.91 Å². The number of aryl methyl sites for hydroxylation is 1. The average Bonchev–Trinajstić information content (AvgIpc) is 3.17. The van der Waals surface area contributed by atoms with Crippen LogP contribution in [-0.4, -0.2) is 54.0 Å². The standard InChI is InChI=1S/C17H24N2O4/c1-12-8-15(23-18-12)16(20)19-6-4-17(5-7-19)9-14(11-22-17)21-10-13-2-3-13/h8,13-14H,2-7,9-11H2,1H3. The Balaban J connectivity index is 1.29. The second kappa shape index (κ2) is 5.91. The van der Waals surface area contributed by atoms with Crippen molar-refractivity contribution in [2.24, 2.45) is 5.92 Å². The molecule has 0 radical (unpaired) electrons. The van der Waals surface area contributed by atoms with Crippen LogP contribution in [0.2, 0.25) is 0 Å². The molecule has 3 heterocycles. The van der Waals surface area contributed by atoms with Gasteiger partial charge >= 0.3 is 0 Å². The number of amides is 1. The molecule has 1 spiro atoms. The molecule has 2 saturated heterocycles. The molecular weight excluding hydrogens is 296 g/mol. The zero-order valence-electron chi connectivity index (χ0n) is 13.6. The first-order chi connectivity index (χ1) is 11.1. The normalized spacial score (nSPS) is 26.8. The average molecular weight is 320 g/mol. The van der Waals surface area contributed by atoms with Crippen molar-refractivity contribution in [2.75, 3.05) is 26.3 Å². The summed E-state index contributed by atoms with van der Waals surface area (Å²) in [6.07, 6.45) is 5.57. The lowest BCUT2D eigenvalue weighted by molar-refractivity contribution is -0.0415. The van der Waals surface area contributed by atoms with E-state index in [9.17, 15) is 4.79 Å². The molecule has 23 heavy (non-hydrogen) atoms. The molecule has 6 nitrogen and oxygen atoms in total. The van der Waals surface area contributed by atoms with Gasteiger partial charge in [-0.15, -0.1) is 0 Å². The number of rotatable bonds is 4. The van der Waals surface area contributed by atoms with Crippen molar-refractivity contribution in [2.45, 2.75) is 50.7 Å². The molecule has 3 aliphatic rings. The minimum Gasteiger partial charge on any atom is -0.375 e. The van der Waals surface area contributed by atoms with Crippen molar-refractivity contribution in [3.05, 3.63) is 17.5 Å². The van der Waals surface area contributed by atoms with Crippen LogP contribution >= 0.6 is 0 Å². The molecule has 4 rings (SSSR count). The number of likely N-dealkylation sites (tertiary alicyclic amines) is 1. The highest BCUT2D eigenvalue weighted by molar-refractivity contribution is 5.91. The van der Waals surface area contributed by atoms with Gasteiger partial charge in [-0.1, -0.05) is 5.16 Å². The van der Waals surface area contributed by atoms with E-state index in [4.69, 9.17) is 14.0 Å². The van der Waals surface area contributed by atoms with Crippen LogP contribution in [0.1, 0.15) is 48.4 Å². The Kier molecular flexibility index (Phi) is 3.89. The molecule has 1 atom stereocenters. The highest BCUT2D eigenvalue weighted by atomic mass is 16.6. The number of aromatic nitrogens is 1. The fraction of sp³-hybridized carbons (Fsp3) is 0.765.